The molecule has 9 nitrogen and oxygen atoms in total. The van der Waals surface area contributed by atoms with Crippen molar-refractivity contribution in [2.75, 3.05) is 26.5 Å². The highest BCUT2D eigenvalue weighted by Crippen LogP contribution is 2.42. The van der Waals surface area contributed by atoms with Crippen LogP contribution in [0.5, 0.6) is 11.5 Å². The van der Waals surface area contributed by atoms with Gasteiger partial charge in [-0.15, -0.1) is 11.3 Å². The van der Waals surface area contributed by atoms with Crippen molar-refractivity contribution in [2.24, 2.45) is 15.2 Å². The van der Waals surface area contributed by atoms with Crippen molar-refractivity contribution in [3.05, 3.63) is 46.2 Å². The number of carbonyl (C=O) groups excluding carboxylic acids is 2. The van der Waals surface area contributed by atoms with Crippen molar-refractivity contribution in [3.8, 4) is 11.5 Å². The molecule has 0 spiro atoms. The van der Waals surface area contributed by atoms with Gasteiger partial charge in [0.1, 0.15) is 0 Å². The smallest absolute Gasteiger partial charge is 0.253 e. The van der Waals surface area contributed by atoms with E-state index < -0.39 is 0 Å². The van der Waals surface area contributed by atoms with E-state index in [1.807, 2.05) is 35.7 Å². The van der Waals surface area contributed by atoms with Crippen molar-refractivity contribution in [2.45, 2.75) is 25.3 Å². The van der Waals surface area contributed by atoms with E-state index in [2.05, 4.69) is 10.1 Å². The molecule has 1 aromatic heterocycles. The second kappa shape index (κ2) is 10.4. The number of hydrazone groups is 2. The van der Waals surface area contributed by atoms with Gasteiger partial charge in [0.05, 0.1) is 36.6 Å². The molecule has 0 saturated carbocycles. The molecule has 1 aromatic carbocycles. The summed E-state index contributed by atoms with van der Waals surface area (Å²) in [5.74, 6) is 1.09. The number of rotatable bonds is 6. The van der Waals surface area contributed by atoms with E-state index in [1.54, 1.807) is 35.6 Å². The van der Waals surface area contributed by atoms with Crippen molar-refractivity contribution in [1.29, 1.82) is 0 Å². The van der Waals surface area contributed by atoms with Crippen LogP contribution >= 0.6 is 34.9 Å². The Kier molecular flexibility index (Phi) is 7.12. The molecule has 0 bridgehead atoms. The van der Waals surface area contributed by atoms with Crippen molar-refractivity contribution >= 4 is 61.9 Å². The molecule has 3 aliphatic heterocycles. The van der Waals surface area contributed by atoms with E-state index in [4.69, 9.17) is 14.6 Å². The first-order valence-corrected chi connectivity index (χ1v) is 13.7. The summed E-state index contributed by atoms with van der Waals surface area (Å²) >= 11 is 4.26. The summed E-state index contributed by atoms with van der Waals surface area (Å²) in [7, 11) is 3.19. The molecule has 12 heteroatoms. The number of para-hydroxylation sites is 1. The second-order valence-corrected chi connectivity index (χ2v) is 11.0. The van der Waals surface area contributed by atoms with E-state index in [0.29, 0.717) is 46.8 Å². The molecule has 1 atom stereocenters. The number of amides is 2. The van der Waals surface area contributed by atoms with Crippen molar-refractivity contribution in [3.63, 3.8) is 0 Å². The molecule has 35 heavy (non-hydrogen) atoms. The summed E-state index contributed by atoms with van der Waals surface area (Å²) in [5.41, 5.74) is 1.70. The monoisotopic (exact) mass is 529 g/mol. The molecular formula is C23H23N5O4S3. The molecule has 4 heterocycles. The van der Waals surface area contributed by atoms with Crippen LogP contribution in [0.25, 0.3) is 0 Å². The summed E-state index contributed by atoms with van der Waals surface area (Å²) in [6, 6.07) is 9.34. The van der Waals surface area contributed by atoms with Gasteiger partial charge in [-0.2, -0.15) is 15.2 Å². The molecule has 5 rings (SSSR count). The fourth-order valence-corrected chi connectivity index (χ4v) is 6.63. The standard InChI is InChI=1S/C23H23N5O4S3/c1-31-17-7-3-6-14(21(17)32-2)16-12-15(18-8-5-11-33-18)25-28(16)20(30)13-34-23-26-27-10-4-9-19(29)24-22(27)35-23/h3,5-8,11,16H,4,9-10,12-13H2,1-2H3/t16-/m1/s1. The number of amidine groups is 1. The van der Waals surface area contributed by atoms with Gasteiger partial charge in [0, 0.05) is 24.9 Å². The van der Waals surface area contributed by atoms with Crippen LogP contribution < -0.4 is 9.47 Å². The summed E-state index contributed by atoms with van der Waals surface area (Å²) in [5, 5.41) is 15.2. The minimum absolute atomic E-state index is 0.130. The average molecular weight is 530 g/mol. The Hall–Kier alpha value is -2.83. The Bertz CT molecular complexity index is 1230. The van der Waals surface area contributed by atoms with Gasteiger partial charge in [0.15, 0.2) is 21.0 Å². The number of thiophene rings is 1. The zero-order valence-electron chi connectivity index (χ0n) is 19.2. The van der Waals surface area contributed by atoms with E-state index >= 15 is 0 Å². The Morgan fingerprint density at radius 2 is 2.09 bits per heavy atom. The number of nitrogens with zero attached hydrogens (tertiary/aromatic N) is 5. The Balaban J connectivity index is 1.37. The normalized spacial score (nSPS) is 19.7. The van der Waals surface area contributed by atoms with Crippen LogP contribution in [-0.2, 0) is 9.59 Å². The third kappa shape index (κ3) is 4.95. The predicted molar refractivity (Wildman–Crippen MR) is 140 cm³/mol. The fraction of sp³-hybridized carbons (Fsp3) is 0.348. The van der Waals surface area contributed by atoms with Crippen LogP contribution in [0.15, 0.2) is 50.9 Å². The fourth-order valence-electron chi connectivity index (χ4n) is 4.06. The highest BCUT2D eigenvalue weighted by atomic mass is 32.2. The first-order valence-electron chi connectivity index (χ1n) is 11.0. The van der Waals surface area contributed by atoms with Gasteiger partial charge in [-0.3, -0.25) is 9.59 Å². The SMILES string of the molecule is COc1cccc([C@H]2CC(c3cccs3)=NN2C(=O)CSC2=NN3CCCC(=O)N=C3S2)c1OC. The summed E-state index contributed by atoms with van der Waals surface area (Å²) < 4.78 is 11.8. The van der Waals surface area contributed by atoms with E-state index in [9.17, 15) is 9.59 Å². The van der Waals surface area contributed by atoms with Crippen LogP contribution in [-0.4, -0.2) is 63.6 Å². The molecule has 0 saturated heterocycles. The van der Waals surface area contributed by atoms with E-state index in [-0.39, 0.29) is 23.6 Å². The lowest BCUT2D eigenvalue weighted by atomic mass is 9.99. The lowest BCUT2D eigenvalue weighted by Gasteiger charge is -2.24. The molecule has 0 aliphatic carbocycles. The highest BCUT2D eigenvalue weighted by Gasteiger charge is 2.36. The zero-order valence-corrected chi connectivity index (χ0v) is 21.6. The molecule has 0 radical (unpaired) electrons. The second-order valence-electron chi connectivity index (χ2n) is 7.84. The lowest BCUT2D eigenvalue weighted by molar-refractivity contribution is -0.130. The maximum absolute atomic E-state index is 13.4. The summed E-state index contributed by atoms with van der Waals surface area (Å²) in [6.07, 6.45) is 1.72. The quantitative estimate of drug-likeness (QED) is 0.554. The molecule has 2 aromatic rings. The highest BCUT2D eigenvalue weighted by molar-refractivity contribution is 8.45. The van der Waals surface area contributed by atoms with Crippen LogP contribution in [0.3, 0.4) is 0 Å². The number of hydrogen-bond donors (Lipinski definition) is 0. The number of aliphatic imine (C=N–C) groups is 1. The first-order chi connectivity index (χ1) is 17.1. The van der Waals surface area contributed by atoms with Crippen molar-refractivity contribution < 1.29 is 19.1 Å². The van der Waals surface area contributed by atoms with Crippen LogP contribution in [0, 0.1) is 0 Å². The third-order valence-electron chi connectivity index (χ3n) is 5.67. The van der Waals surface area contributed by atoms with Crippen molar-refractivity contribution in [1.82, 2.24) is 10.0 Å². The third-order valence-corrected chi connectivity index (χ3v) is 8.65. The minimum Gasteiger partial charge on any atom is -0.493 e. The number of benzene rings is 1. The number of fused-ring (bicyclic) bond motifs is 1. The maximum atomic E-state index is 13.4. The predicted octanol–water partition coefficient (Wildman–Crippen LogP) is 4.17. The van der Waals surface area contributed by atoms with Crippen LogP contribution in [0.2, 0.25) is 0 Å². The van der Waals surface area contributed by atoms with Gasteiger partial charge in [-0.25, -0.2) is 10.0 Å². The topological polar surface area (TPSA) is 96.2 Å². The molecule has 2 amide bonds. The van der Waals surface area contributed by atoms with E-state index in [0.717, 1.165) is 16.2 Å². The molecule has 0 fully saturated rings. The Morgan fingerprint density at radius 3 is 2.86 bits per heavy atom. The number of ether oxygens (including phenoxy) is 2. The number of carbonyl (C=O) groups is 2. The molecule has 0 N–H and O–H groups in total. The number of hydrogen-bond acceptors (Lipinski definition) is 10. The summed E-state index contributed by atoms with van der Waals surface area (Å²) in [6.45, 7) is 0.647. The molecule has 3 aliphatic rings. The molecule has 0 unspecified atom stereocenters. The van der Waals surface area contributed by atoms with Crippen LogP contribution in [0.4, 0.5) is 0 Å². The number of thioether (sulfide) groups is 2. The number of methoxy groups -OCH3 is 2. The first kappa shape index (κ1) is 23.9. The summed E-state index contributed by atoms with van der Waals surface area (Å²) in [4.78, 5) is 30.4. The van der Waals surface area contributed by atoms with E-state index in [1.165, 1.54) is 23.5 Å². The lowest BCUT2D eigenvalue weighted by Crippen LogP contribution is -2.29. The molecular weight excluding hydrogens is 506 g/mol. The van der Waals surface area contributed by atoms with Gasteiger partial charge >= 0.3 is 0 Å². The van der Waals surface area contributed by atoms with Crippen LogP contribution in [0.1, 0.15) is 35.7 Å². The zero-order chi connectivity index (χ0) is 24.4. The Morgan fingerprint density at radius 1 is 1.20 bits per heavy atom. The van der Waals surface area contributed by atoms with Gasteiger partial charge < -0.3 is 9.47 Å². The Labute approximate surface area is 215 Å². The van der Waals surface area contributed by atoms with Gasteiger partial charge in [0.25, 0.3) is 5.91 Å². The van der Waals surface area contributed by atoms with Gasteiger partial charge in [0.2, 0.25) is 5.91 Å². The maximum Gasteiger partial charge on any atom is 0.253 e. The minimum atomic E-state index is -0.319. The molecule has 182 valence electrons. The average Bonchev–Trinajstić information content (AvgIpc) is 3.60. The largest absolute Gasteiger partial charge is 0.493 e. The van der Waals surface area contributed by atoms with Gasteiger partial charge in [-0.05, 0) is 35.7 Å². The van der Waals surface area contributed by atoms with Gasteiger partial charge in [-0.1, -0.05) is 30.0 Å².